The minimum absolute atomic E-state index is 0.0581. The number of benzene rings is 1. The number of hydrogen-bond acceptors (Lipinski definition) is 3. The van der Waals surface area contributed by atoms with Crippen LogP contribution in [0.25, 0.3) is 0 Å². The first kappa shape index (κ1) is 16.2. The van der Waals surface area contributed by atoms with Crippen molar-refractivity contribution in [1.29, 1.82) is 0 Å². The van der Waals surface area contributed by atoms with Crippen LogP contribution < -0.4 is 15.4 Å². The summed E-state index contributed by atoms with van der Waals surface area (Å²) < 4.78 is 5.14. The van der Waals surface area contributed by atoms with E-state index in [4.69, 9.17) is 17.0 Å². The van der Waals surface area contributed by atoms with E-state index in [-0.39, 0.29) is 18.5 Å². The number of rotatable bonds is 5. The van der Waals surface area contributed by atoms with Crippen LogP contribution >= 0.6 is 12.2 Å². The Labute approximate surface area is 125 Å². The van der Waals surface area contributed by atoms with E-state index in [9.17, 15) is 4.79 Å². The van der Waals surface area contributed by atoms with Crippen molar-refractivity contribution in [2.45, 2.75) is 19.9 Å². The van der Waals surface area contributed by atoms with Crippen LogP contribution in [0.2, 0.25) is 0 Å². The largest absolute Gasteiger partial charge is 0.497 e. The second-order valence-electron chi connectivity index (χ2n) is 4.74. The summed E-state index contributed by atoms with van der Waals surface area (Å²) >= 11 is 5.26. The zero-order valence-corrected chi connectivity index (χ0v) is 13.1. The Bertz CT molecular complexity index is 477. The van der Waals surface area contributed by atoms with E-state index in [0.29, 0.717) is 5.11 Å². The lowest BCUT2D eigenvalue weighted by atomic mass is 10.3. The van der Waals surface area contributed by atoms with E-state index >= 15 is 0 Å². The van der Waals surface area contributed by atoms with Gasteiger partial charge < -0.3 is 20.3 Å². The zero-order chi connectivity index (χ0) is 15.1. The molecule has 0 bridgehead atoms. The van der Waals surface area contributed by atoms with Crippen LogP contribution in [0.15, 0.2) is 24.3 Å². The zero-order valence-electron chi connectivity index (χ0n) is 12.3. The van der Waals surface area contributed by atoms with E-state index in [1.54, 1.807) is 19.1 Å². The first-order valence-electron chi connectivity index (χ1n) is 6.38. The maximum absolute atomic E-state index is 11.7. The molecule has 0 fully saturated rings. The van der Waals surface area contributed by atoms with Gasteiger partial charge in [-0.05, 0) is 38.2 Å². The molecule has 6 heteroatoms. The van der Waals surface area contributed by atoms with Gasteiger partial charge in [-0.1, -0.05) is 6.07 Å². The molecule has 0 heterocycles. The Morgan fingerprint density at radius 1 is 1.45 bits per heavy atom. The van der Waals surface area contributed by atoms with Crippen molar-refractivity contribution in [2.24, 2.45) is 0 Å². The first-order valence-corrected chi connectivity index (χ1v) is 6.78. The number of amides is 1. The molecule has 0 radical (unpaired) electrons. The topological polar surface area (TPSA) is 53.6 Å². The number of nitrogens with zero attached hydrogens (tertiary/aromatic N) is 1. The van der Waals surface area contributed by atoms with E-state index in [1.807, 2.05) is 38.1 Å². The minimum Gasteiger partial charge on any atom is -0.497 e. The summed E-state index contributed by atoms with van der Waals surface area (Å²) in [5.74, 6) is 0.690. The molecule has 0 aromatic heterocycles. The lowest BCUT2D eigenvalue weighted by Crippen LogP contribution is -2.42. The Hall–Kier alpha value is -1.82. The lowest BCUT2D eigenvalue weighted by molar-refractivity contribution is -0.121. The Morgan fingerprint density at radius 3 is 2.75 bits per heavy atom. The van der Waals surface area contributed by atoms with E-state index < -0.39 is 0 Å². The molecule has 0 atom stereocenters. The smallest absolute Gasteiger partial charge is 0.239 e. The molecule has 0 unspecified atom stereocenters. The van der Waals surface area contributed by atoms with Gasteiger partial charge in [-0.3, -0.25) is 4.79 Å². The van der Waals surface area contributed by atoms with Crippen LogP contribution in [0, 0.1) is 0 Å². The number of hydrogen-bond donors (Lipinski definition) is 2. The molecule has 1 aromatic carbocycles. The number of nitrogens with one attached hydrogen (secondary N) is 2. The van der Waals surface area contributed by atoms with Crippen LogP contribution in [-0.2, 0) is 4.79 Å². The summed E-state index contributed by atoms with van der Waals surface area (Å²) in [5, 5.41) is 6.38. The maximum atomic E-state index is 11.7. The van der Waals surface area contributed by atoms with Gasteiger partial charge in [-0.25, -0.2) is 0 Å². The predicted octanol–water partition coefficient (Wildman–Crippen LogP) is 1.85. The molecule has 0 spiro atoms. The van der Waals surface area contributed by atoms with Crippen molar-refractivity contribution >= 4 is 28.9 Å². The number of ether oxygens (including phenoxy) is 1. The number of methoxy groups -OCH3 is 1. The first-order chi connectivity index (χ1) is 9.42. The molecule has 110 valence electrons. The fourth-order valence-electron chi connectivity index (χ4n) is 1.57. The molecule has 0 aliphatic heterocycles. The highest BCUT2D eigenvalue weighted by Crippen LogP contribution is 2.16. The van der Waals surface area contributed by atoms with Gasteiger partial charge in [0, 0.05) is 24.8 Å². The summed E-state index contributed by atoms with van der Waals surface area (Å²) in [6.45, 7) is 4.06. The molecule has 0 saturated heterocycles. The Kier molecular flexibility index (Phi) is 6.24. The van der Waals surface area contributed by atoms with Crippen molar-refractivity contribution in [1.82, 2.24) is 10.2 Å². The minimum atomic E-state index is -0.0581. The van der Waals surface area contributed by atoms with Crippen LogP contribution in [0.5, 0.6) is 5.75 Å². The Morgan fingerprint density at radius 2 is 2.15 bits per heavy atom. The van der Waals surface area contributed by atoms with Crippen LogP contribution in [0.4, 0.5) is 5.69 Å². The summed E-state index contributed by atoms with van der Waals surface area (Å²) in [6.07, 6.45) is 0. The third-order valence-electron chi connectivity index (χ3n) is 2.50. The highest BCUT2D eigenvalue weighted by atomic mass is 32.1. The Balaban J connectivity index is 2.54. The molecule has 1 rings (SSSR count). The van der Waals surface area contributed by atoms with Crippen molar-refractivity contribution in [3.8, 4) is 5.75 Å². The molecule has 1 amide bonds. The van der Waals surface area contributed by atoms with Gasteiger partial charge in [-0.15, -0.1) is 0 Å². The van der Waals surface area contributed by atoms with Gasteiger partial charge in [0.2, 0.25) is 5.91 Å². The maximum Gasteiger partial charge on any atom is 0.239 e. The summed E-state index contributed by atoms with van der Waals surface area (Å²) in [7, 11) is 3.38. The number of carbonyl (C=O) groups excluding carboxylic acids is 1. The van der Waals surface area contributed by atoms with Crippen molar-refractivity contribution in [3.05, 3.63) is 24.3 Å². The highest BCUT2D eigenvalue weighted by molar-refractivity contribution is 7.80. The van der Waals surface area contributed by atoms with Crippen molar-refractivity contribution in [2.75, 3.05) is 26.0 Å². The van der Waals surface area contributed by atoms with Gasteiger partial charge in [0.05, 0.1) is 13.7 Å². The SMILES string of the molecule is COc1cccc(NC(=S)N(C)CC(=O)NC(C)C)c1. The fraction of sp³-hybridized carbons (Fsp3) is 0.429. The molecule has 5 nitrogen and oxygen atoms in total. The summed E-state index contributed by atoms with van der Waals surface area (Å²) in [4.78, 5) is 13.3. The molecule has 20 heavy (non-hydrogen) atoms. The molecule has 1 aromatic rings. The summed E-state index contributed by atoms with van der Waals surface area (Å²) in [5.41, 5.74) is 0.825. The number of thiocarbonyl (C=S) groups is 1. The van der Waals surface area contributed by atoms with Gasteiger partial charge in [-0.2, -0.15) is 0 Å². The second-order valence-corrected chi connectivity index (χ2v) is 5.13. The third-order valence-corrected chi connectivity index (χ3v) is 2.91. The normalized spacial score (nSPS) is 10.1. The number of carbonyl (C=O) groups is 1. The van der Waals surface area contributed by atoms with Crippen LogP contribution in [-0.4, -0.2) is 42.7 Å². The standard InChI is InChI=1S/C14H21N3O2S/c1-10(2)15-13(18)9-17(3)14(20)16-11-6-5-7-12(8-11)19-4/h5-8,10H,9H2,1-4H3,(H,15,18)(H,16,20). The molecule has 2 N–H and O–H groups in total. The number of anilines is 1. The van der Waals surface area contributed by atoms with Gasteiger partial charge >= 0.3 is 0 Å². The average molecular weight is 295 g/mol. The van der Waals surface area contributed by atoms with E-state index in [1.165, 1.54) is 0 Å². The highest BCUT2D eigenvalue weighted by Gasteiger charge is 2.10. The van der Waals surface area contributed by atoms with Crippen molar-refractivity contribution in [3.63, 3.8) is 0 Å². The lowest BCUT2D eigenvalue weighted by Gasteiger charge is -2.21. The van der Waals surface area contributed by atoms with Gasteiger partial charge in [0.15, 0.2) is 5.11 Å². The molecular weight excluding hydrogens is 274 g/mol. The molecular formula is C14H21N3O2S. The second kappa shape index (κ2) is 7.69. The molecule has 0 aliphatic carbocycles. The molecule has 0 aliphatic rings. The van der Waals surface area contributed by atoms with Gasteiger partial charge in [0.25, 0.3) is 0 Å². The van der Waals surface area contributed by atoms with Gasteiger partial charge in [0.1, 0.15) is 5.75 Å². The average Bonchev–Trinajstić information content (AvgIpc) is 2.37. The van der Waals surface area contributed by atoms with Crippen LogP contribution in [0.3, 0.4) is 0 Å². The van der Waals surface area contributed by atoms with E-state index in [2.05, 4.69) is 10.6 Å². The van der Waals surface area contributed by atoms with Crippen molar-refractivity contribution < 1.29 is 9.53 Å². The van der Waals surface area contributed by atoms with Crippen LogP contribution in [0.1, 0.15) is 13.8 Å². The monoisotopic (exact) mass is 295 g/mol. The summed E-state index contributed by atoms with van der Waals surface area (Å²) in [6, 6.07) is 7.57. The predicted molar refractivity (Wildman–Crippen MR) is 85.1 cm³/mol. The third kappa shape index (κ3) is 5.44. The number of likely N-dealkylation sites (N-methyl/N-ethyl adjacent to an activating group) is 1. The van der Waals surface area contributed by atoms with E-state index in [0.717, 1.165) is 11.4 Å². The fourth-order valence-corrected chi connectivity index (χ4v) is 1.76. The molecule has 0 saturated carbocycles. The quantitative estimate of drug-likeness (QED) is 0.812.